The normalized spacial score (nSPS) is 13.4. The van der Waals surface area contributed by atoms with Crippen molar-refractivity contribution in [2.45, 2.75) is 20.3 Å². The summed E-state index contributed by atoms with van der Waals surface area (Å²) in [5, 5.41) is 5.03. The number of anilines is 1. The summed E-state index contributed by atoms with van der Waals surface area (Å²) in [6, 6.07) is 4.56. The molecule has 0 radical (unpaired) electrons. The van der Waals surface area contributed by atoms with Crippen molar-refractivity contribution in [3.8, 4) is 0 Å². The average molecular weight is 329 g/mol. The quantitative estimate of drug-likeness (QED) is 0.875. The molecule has 0 bridgehead atoms. The molecule has 1 N–H and O–H groups in total. The van der Waals surface area contributed by atoms with Crippen LogP contribution in [0.25, 0.3) is 0 Å². The lowest BCUT2D eigenvalue weighted by Gasteiger charge is -2.11. The van der Waals surface area contributed by atoms with Crippen molar-refractivity contribution in [1.82, 2.24) is 9.88 Å². The van der Waals surface area contributed by atoms with Crippen LogP contribution in [0.3, 0.4) is 0 Å². The fourth-order valence-electron chi connectivity index (χ4n) is 2.44. The minimum atomic E-state index is -0.351. The third-order valence-corrected chi connectivity index (χ3v) is 4.40. The van der Waals surface area contributed by atoms with E-state index in [1.807, 2.05) is 19.2 Å². The second-order valence-electron chi connectivity index (χ2n) is 5.27. The van der Waals surface area contributed by atoms with E-state index in [1.165, 1.54) is 28.4 Å². The molecule has 2 heterocycles. The number of fused-ring (bicyclic) bond motifs is 1. The summed E-state index contributed by atoms with van der Waals surface area (Å²) in [4.78, 5) is 42.1. The number of amides is 3. The van der Waals surface area contributed by atoms with Gasteiger partial charge in [-0.25, -0.2) is 4.98 Å². The van der Waals surface area contributed by atoms with Gasteiger partial charge in [0.1, 0.15) is 0 Å². The van der Waals surface area contributed by atoms with Crippen molar-refractivity contribution in [2.24, 2.45) is 0 Å². The number of benzene rings is 1. The zero-order valence-corrected chi connectivity index (χ0v) is 13.6. The molecule has 0 fully saturated rings. The van der Waals surface area contributed by atoms with Crippen LogP contribution >= 0.6 is 11.3 Å². The Hall–Kier alpha value is -2.54. The van der Waals surface area contributed by atoms with Gasteiger partial charge in [0.2, 0.25) is 0 Å². The Morgan fingerprint density at radius 3 is 2.65 bits per heavy atom. The third-order valence-electron chi connectivity index (χ3n) is 3.52. The minimum Gasteiger partial charge on any atom is -0.298 e. The fourth-order valence-corrected chi connectivity index (χ4v) is 3.12. The van der Waals surface area contributed by atoms with Crippen LogP contribution in [0.2, 0.25) is 0 Å². The Balaban J connectivity index is 1.86. The lowest BCUT2D eigenvalue weighted by Crippen LogP contribution is -2.30. The summed E-state index contributed by atoms with van der Waals surface area (Å²) in [6.07, 6.45) is 0.697. The first-order valence-corrected chi connectivity index (χ1v) is 8.13. The molecule has 1 aliphatic rings. The van der Waals surface area contributed by atoms with Gasteiger partial charge in [-0.1, -0.05) is 6.92 Å². The van der Waals surface area contributed by atoms with Crippen molar-refractivity contribution in [2.75, 3.05) is 11.9 Å². The molecule has 3 rings (SSSR count). The maximum absolute atomic E-state index is 12.3. The number of thiazole rings is 1. The molecule has 23 heavy (non-hydrogen) atoms. The zero-order valence-electron chi connectivity index (χ0n) is 12.8. The number of aromatic nitrogens is 1. The number of hydrogen-bond acceptors (Lipinski definition) is 5. The Labute approximate surface area is 137 Å². The van der Waals surface area contributed by atoms with Gasteiger partial charge >= 0.3 is 0 Å². The second kappa shape index (κ2) is 5.92. The SMILES string of the molecule is CCCN1C(=O)c2ccc(C(=O)Nc3nc(C)cs3)cc2C1=O. The Bertz CT molecular complexity index is 813. The third kappa shape index (κ3) is 2.75. The van der Waals surface area contributed by atoms with Gasteiger partial charge in [0, 0.05) is 17.5 Å². The first kappa shape index (κ1) is 15.4. The number of rotatable bonds is 4. The van der Waals surface area contributed by atoms with Crippen LogP contribution in [-0.2, 0) is 0 Å². The number of carbonyl (C=O) groups excluding carboxylic acids is 3. The topological polar surface area (TPSA) is 79.4 Å². The molecule has 0 atom stereocenters. The molecule has 1 aromatic carbocycles. The summed E-state index contributed by atoms with van der Waals surface area (Å²) in [5.74, 6) is -0.989. The molecule has 0 saturated heterocycles. The maximum atomic E-state index is 12.3. The number of hydrogen-bond donors (Lipinski definition) is 1. The van der Waals surface area contributed by atoms with E-state index in [0.29, 0.717) is 29.2 Å². The Kier molecular flexibility index (Phi) is 3.96. The number of nitrogens with zero attached hydrogens (tertiary/aromatic N) is 2. The molecule has 7 heteroatoms. The summed E-state index contributed by atoms with van der Waals surface area (Å²) in [5.41, 5.74) is 1.79. The largest absolute Gasteiger partial charge is 0.298 e. The minimum absolute atomic E-state index is 0.284. The lowest BCUT2D eigenvalue weighted by atomic mass is 10.1. The van der Waals surface area contributed by atoms with Gasteiger partial charge in [0.15, 0.2) is 5.13 Å². The van der Waals surface area contributed by atoms with Crippen LogP contribution in [0.4, 0.5) is 5.13 Å². The smallest absolute Gasteiger partial charge is 0.261 e. The van der Waals surface area contributed by atoms with Gasteiger partial charge in [-0.2, -0.15) is 0 Å². The first-order chi connectivity index (χ1) is 11.0. The number of aryl methyl sites for hydroxylation is 1. The summed E-state index contributed by atoms with van der Waals surface area (Å²) in [7, 11) is 0. The van der Waals surface area contributed by atoms with Crippen molar-refractivity contribution in [3.63, 3.8) is 0 Å². The van der Waals surface area contributed by atoms with E-state index in [0.717, 1.165) is 5.69 Å². The van der Waals surface area contributed by atoms with Gasteiger partial charge in [0.05, 0.1) is 16.8 Å². The molecule has 6 nitrogen and oxygen atoms in total. The summed E-state index contributed by atoms with van der Waals surface area (Å²) >= 11 is 1.33. The molecule has 118 valence electrons. The van der Waals surface area contributed by atoms with Gasteiger partial charge in [-0.15, -0.1) is 11.3 Å². The standard InChI is InChI=1S/C16H15N3O3S/c1-3-6-19-14(21)11-5-4-10(7-12(11)15(19)22)13(20)18-16-17-9(2)8-23-16/h4-5,7-8H,3,6H2,1-2H3,(H,17,18,20). The number of carbonyl (C=O) groups is 3. The number of imide groups is 1. The van der Waals surface area contributed by atoms with Gasteiger partial charge in [-0.05, 0) is 31.5 Å². The van der Waals surface area contributed by atoms with Crippen molar-refractivity contribution >= 4 is 34.2 Å². The van der Waals surface area contributed by atoms with Crippen LogP contribution in [0.15, 0.2) is 23.6 Å². The molecular formula is C16H15N3O3S. The Morgan fingerprint density at radius 1 is 1.26 bits per heavy atom. The highest BCUT2D eigenvalue weighted by molar-refractivity contribution is 7.13. The van der Waals surface area contributed by atoms with Crippen LogP contribution < -0.4 is 5.32 Å². The van der Waals surface area contributed by atoms with E-state index >= 15 is 0 Å². The van der Waals surface area contributed by atoms with E-state index in [2.05, 4.69) is 10.3 Å². The average Bonchev–Trinajstić information content (AvgIpc) is 3.04. The van der Waals surface area contributed by atoms with E-state index in [4.69, 9.17) is 0 Å². The molecule has 1 aromatic heterocycles. The van der Waals surface area contributed by atoms with Crippen molar-refractivity contribution < 1.29 is 14.4 Å². The predicted octanol–water partition coefficient (Wildman–Crippen LogP) is 2.71. The van der Waals surface area contributed by atoms with Crippen molar-refractivity contribution in [3.05, 3.63) is 46.0 Å². The van der Waals surface area contributed by atoms with E-state index in [1.54, 1.807) is 6.07 Å². The van der Waals surface area contributed by atoms with E-state index in [-0.39, 0.29) is 23.3 Å². The summed E-state index contributed by atoms with van der Waals surface area (Å²) < 4.78 is 0. The molecule has 0 spiro atoms. The summed E-state index contributed by atoms with van der Waals surface area (Å²) in [6.45, 7) is 4.12. The molecule has 0 saturated carbocycles. The zero-order chi connectivity index (χ0) is 16.6. The highest BCUT2D eigenvalue weighted by Gasteiger charge is 2.35. The number of nitrogens with one attached hydrogen (secondary N) is 1. The second-order valence-corrected chi connectivity index (χ2v) is 6.13. The molecular weight excluding hydrogens is 314 g/mol. The fraction of sp³-hybridized carbons (Fsp3) is 0.250. The van der Waals surface area contributed by atoms with Gasteiger partial charge in [0.25, 0.3) is 17.7 Å². The Morgan fingerprint density at radius 2 is 2.00 bits per heavy atom. The van der Waals surface area contributed by atoms with Gasteiger partial charge < -0.3 is 0 Å². The van der Waals surface area contributed by atoms with Crippen LogP contribution in [-0.4, -0.2) is 34.2 Å². The predicted molar refractivity (Wildman–Crippen MR) is 86.9 cm³/mol. The molecule has 0 unspecified atom stereocenters. The lowest BCUT2D eigenvalue weighted by molar-refractivity contribution is 0.0654. The van der Waals surface area contributed by atoms with Crippen LogP contribution in [0.1, 0.15) is 50.1 Å². The van der Waals surface area contributed by atoms with Gasteiger partial charge in [-0.3, -0.25) is 24.6 Å². The van der Waals surface area contributed by atoms with Crippen LogP contribution in [0.5, 0.6) is 0 Å². The molecule has 3 amide bonds. The van der Waals surface area contributed by atoms with Crippen molar-refractivity contribution in [1.29, 1.82) is 0 Å². The highest BCUT2D eigenvalue weighted by atomic mass is 32.1. The maximum Gasteiger partial charge on any atom is 0.261 e. The first-order valence-electron chi connectivity index (χ1n) is 7.25. The molecule has 1 aliphatic heterocycles. The monoisotopic (exact) mass is 329 g/mol. The van der Waals surface area contributed by atoms with Crippen LogP contribution in [0, 0.1) is 6.92 Å². The van der Waals surface area contributed by atoms with E-state index in [9.17, 15) is 14.4 Å². The molecule has 2 aromatic rings. The molecule has 0 aliphatic carbocycles. The highest BCUT2D eigenvalue weighted by Crippen LogP contribution is 2.25. The van der Waals surface area contributed by atoms with E-state index < -0.39 is 0 Å².